The largest absolute Gasteiger partial charge is 0.466 e. The number of ether oxygens (including phenoxy) is 1. The highest BCUT2D eigenvalue weighted by Crippen LogP contribution is 2.07. The van der Waals surface area contributed by atoms with Crippen LogP contribution in [0.15, 0.2) is 24.3 Å². The van der Waals surface area contributed by atoms with E-state index < -0.39 is 0 Å². The molecule has 0 aliphatic carbocycles. The molecule has 1 aromatic carbocycles. The second-order valence-electron chi connectivity index (χ2n) is 6.40. The second-order valence-corrected chi connectivity index (χ2v) is 6.40. The number of benzene rings is 1. The summed E-state index contributed by atoms with van der Waals surface area (Å²) in [6.45, 7) is 5.08. The van der Waals surface area contributed by atoms with Gasteiger partial charge in [0.15, 0.2) is 0 Å². The van der Waals surface area contributed by atoms with Gasteiger partial charge in [-0.1, -0.05) is 64.5 Å². The van der Waals surface area contributed by atoms with Crippen LogP contribution in [0.5, 0.6) is 0 Å². The van der Waals surface area contributed by atoms with Gasteiger partial charge in [-0.05, 0) is 30.5 Å². The Morgan fingerprint density at radius 3 is 2.20 bits per heavy atom. The van der Waals surface area contributed by atoms with Crippen molar-refractivity contribution in [2.45, 2.75) is 71.6 Å². The fourth-order valence-corrected chi connectivity index (χ4v) is 2.59. The van der Waals surface area contributed by atoms with Gasteiger partial charge in [0.25, 0.3) is 5.91 Å². The third kappa shape index (κ3) is 9.90. The highest BCUT2D eigenvalue weighted by Gasteiger charge is 2.07. The number of nitrogens with one attached hydrogen (secondary N) is 1. The third-order valence-electron chi connectivity index (χ3n) is 4.25. The van der Waals surface area contributed by atoms with Gasteiger partial charge in [0.1, 0.15) is 0 Å². The number of amides is 1. The van der Waals surface area contributed by atoms with E-state index in [2.05, 4.69) is 19.2 Å². The SMILES string of the molecule is CCCCCCCCCOC(=O)CCNC(=O)c1ccc(CC)cc1. The van der Waals surface area contributed by atoms with Gasteiger partial charge in [-0.15, -0.1) is 0 Å². The standard InChI is InChI=1S/C21H33NO3/c1-3-5-6-7-8-9-10-17-25-20(23)15-16-22-21(24)19-13-11-18(4-2)12-14-19/h11-14H,3-10,15-17H2,1-2H3,(H,22,24). The number of esters is 1. The number of hydrogen-bond acceptors (Lipinski definition) is 3. The smallest absolute Gasteiger partial charge is 0.307 e. The molecule has 0 saturated heterocycles. The van der Waals surface area contributed by atoms with Gasteiger partial charge in [-0.2, -0.15) is 0 Å². The van der Waals surface area contributed by atoms with Crippen LogP contribution < -0.4 is 5.32 Å². The van der Waals surface area contributed by atoms with Gasteiger partial charge in [-0.25, -0.2) is 0 Å². The molecular weight excluding hydrogens is 314 g/mol. The number of aryl methyl sites for hydroxylation is 1. The highest BCUT2D eigenvalue weighted by atomic mass is 16.5. The molecule has 4 nitrogen and oxygen atoms in total. The van der Waals surface area contributed by atoms with Crippen LogP contribution in [0.4, 0.5) is 0 Å². The van der Waals surface area contributed by atoms with E-state index in [-0.39, 0.29) is 18.3 Å². The van der Waals surface area contributed by atoms with Crippen LogP contribution in [0.2, 0.25) is 0 Å². The summed E-state index contributed by atoms with van der Waals surface area (Å²) in [7, 11) is 0. The van der Waals surface area contributed by atoms with Crippen molar-refractivity contribution in [2.24, 2.45) is 0 Å². The van der Waals surface area contributed by atoms with Crippen molar-refractivity contribution in [1.82, 2.24) is 5.32 Å². The molecule has 1 rings (SSSR count). The summed E-state index contributed by atoms with van der Waals surface area (Å²) in [6.07, 6.45) is 9.56. The molecule has 0 heterocycles. The Kier molecular flexibility index (Phi) is 11.4. The average Bonchev–Trinajstić information content (AvgIpc) is 2.64. The van der Waals surface area contributed by atoms with Crippen LogP contribution in [0.1, 0.15) is 81.1 Å². The van der Waals surface area contributed by atoms with E-state index in [0.29, 0.717) is 18.7 Å². The Morgan fingerprint density at radius 2 is 1.56 bits per heavy atom. The van der Waals surface area contributed by atoms with Crippen LogP contribution >= 0.6 is 0 Å². The Labute approximate surface area is 152 Å². The Bertz CT molecular complexity index is 496. The van der Waals surface area contributed by atoms with Crippen LogP contribution in [-0.4, -0.2) is 25.0 Å². The van der Waals surface area contributed by atoms with Crippen molar-refractivity contribution in [2.75, 3.05) is 13.2 Å². The fraction of sp³-hybridized carbons (Fsp3) is 0.619. The molecule has 0 saturated carbocycles. The van der Waals surface area contributed by atoms with Gasteiger partial charge >= 0.3 is 5.97 Å². The first-order valence-corrected chi connectivity index (χ1v) is 9.70. The summed E-state index contributed by atoms with van der Waals surface area (Å²) >= 11 is 0. The van der Waals surface area contributed by atoms with E-state index in [9.17, 15) is 9.59 Å². The molecule has 0 radical (unpaired) electrons. The topological polar surface area (TPSA) is 55.4 Å². The van der Waals surface area contributed by atoms with Crippen molar-refractivity contribution in [1.29, 1.82) is 0 Å². The lowest BCUT2D eigenvalue weighted by Crippen LogP contribution is -2.26. The van der Waals surface area contributed by atoms with Crippen molar-refractivity contribution < 1.29 is 14.3 Å². The lowest BCUT2D eigenvalue weighted by atomic mass is 10.1. The van der Waals surface area contributed by atoms with E-state index in [1.807, 2.05) is 24.3 Å². The summed E-state index contributed by atoms with van der Waals surface area (Å²) in [4.78, 5) is 23.6. The van der Waals surface area contributed by atoms with Crippen molar-refractivity contribution in [3.05, 3.63) is 35.4 Å². The van der Waals surface area contributed by atoms with Gasteiger partial charge in [0.2, 0.25) is 0 Å². The van der Waals surface area contributed by atoms with Gasteiger partial charge in [0.05, 0.1) is 13.0 Å². The van der Waals surface area contributed by atoms with E-state index in [1.165, 1.54) is 37.7 Å². The maximum atomic E-state index is 12.0. The lowest BCUT2D eigenvalue weighted by Gasteiger charge is -2.07. The zero-order chi connectivity index (χ0) is 18.3. The monoisotopic (exact) mass is 347 g/mol. The molecule has 0 bridgehead atoms. The Hall–Kier alpha value is -1.84. The molecule has 0 aromatic heterocycles. The molecule has 0 fully saturated rings. The molecule has 25 heavy (non-hydrogen) atoms. The first-order valence-electron chi connectivity index (χ1n) is 9.70. The number of hydrogen-bond donors (Lipinski definition) is 1. The van der Waals surface area contributed by atoms with Gasteiger partial charge in [-0.3, -0.25) is 9.59 Å². The first kappa shape index (κ1) is 21.2. The van der Waals surface area contributed by atoms with Crippen molar-refractivity contribution >= 4 is 11.9 Å². The third-order valence-corrected chi connectivity index (χ3v) is 4.25. The lowest BCUT2D eigenvalue weighted by molar-refractivity contribution is -0.143. The predicted molar refractivity (Wildman–Crippen MR) is 102 cm³/mol. The predicted octanol–water partition coefficient (Wildman–Crippen LogP) is 4.66. The van der Waals surface area contributed by atoms with Crippen molar-refractivity contribution in [3.8, 4) is 0 Å². The zero-order valence-corrected chi connectivity index (χ0v) is 15.8. The molecule has 1 amide bonds. The summed E-state index contributed by atoms with van der Waals surface area (Å²) < 4.78 is 5.20. The van der Waals surface area contributed by atoms with Crippen LogP contribution in [-0.2, 0) is 16.0 Å². The molecule has 0 aliphatic heterocycles. The summed E-state index contributed by atoms with van der Waals surface area (Å²) in [6, 6.07) is 7.52. The molecule has 0 unspecified atom stereocenters. The molecule has 0 aliphatic rings. The Morgan fingerprint density at radius 1 is 0.920 bits per heavy atom. The molecule has 140 valence electrons. The summed E-state index contributed by atoms with van der Waals surface area (Å²) in [5.74, 6) is -0.393. The van der Waals surface area contributed by atoms with Crippen LogP contribution in [0.25, 0.3) is 0 Å². The number of carbonyl (C=O) groups is 2. The zero-order valence-electron chi connectivity index (χ0n) is 15.8. The van der Waals surface area contributed by atoms with Crippen LogP contribution in [0, 0.1) is 0 Å². The normalized spacial score (nSPS) is 10.5. The summed E-state index contributed by atoms with van der Waals surface area (Å²) in [5, 5.41) is 2.76. The average molecular weight is 347 g/mol. The number of carbonyl (C=O) groups excluding carboxylic acids is 2. The number of unbranched alkanes of at least 4 members (excludes halogenated alkanes) is 6. The molecule has 1 N–H and O–H groups in total. The minimum Gasteiger partial charge on any atom is -0.466 e. The molecule has 0 atom stereocenters. The van der Waals surface area contributed by atoms with Gasteiger partial charge < -0.3 is 10.1 Å². The minimum atomic E-state index is -0.243. The highest BCUT2D eigenvalue weighted by molar-refractivity contribution is 5.94. The van der Waals surface area contributed by atoms with Gasteiger partial charge in [0, 0.05) is 12.1 Å². The molecule has 1 aromatic rings. The maximum Gasteiger partial charge on any atom is 0.307 e. The van der Waals surface area contributed by atoms with Crippen molar-refractivity contribution in [3.63, 3.8) is 0 Å². The van der Waals surface area contributed by atoms with E-state index >= 15 is 0 Å². The first-order chi connectivity index (χ1) is 12.2. The van der Waals surface area contributed by atoms with Crippen LogP contribution in [0.3, 0.4) is 0 Å². The minimum absolute atomic E-state index is 0.150. The maximum absolute atomic E-state index is 12.0. The quantitative estimate of drug-likeness (QED) is 0.417. The van der Waals surface area contributed by atoms with E-state index in [0.717, 1.165) is 19.3 Å². The van der Waals surface area contributed by atoms with E-state index in [1.54, 1.807) is 0 Å². The second kappa shape index (κ2) is 13.5. The molecular formula is C21H33NO3. The summed E-state index contributed by atoms with van der Waals surface area (Å²) in [5.41, 5.74) is 1.82. The Balaban J connectivity index is 2.05. The fourth-order valence-electron chi connectivity index (χ4n) is 2.59. The molecule has 0 spiro atoms. The van der Waals surface area contributed by atoms with E-state index in [4.69, 9.17) is 4.74 Å². The number of rotatable bonds is 13. The molecule has 4 heteroatoms.